The molecule has 1 N–H and O–H groups in total. The zero-order valence-corrected chi connectivity index (χ0v) is 8.87. The molecule has 0 amide bonds. The molecule has 0 atom stereocenters. The summed E-state index contributed by atoms with van der Waals surface area (Å²) in [5.74, 6) is 0.237. The van der Waals surface area contributed by atoms with E-state index in [0.717, 1.165) is 19.0 Å². The Morgan fingerprint density at radius 2 is 1.94 bits per heavy atom. The van der Waals surface area contributed by atoms with Gasteiger partial charge in [-0.1, -0.05) is 12.2 Å². The van der Waals surface area contributed by atoms with Crippen molar-refractivity contribution in [3.8, 4) is 5.75 Å². The fourth-order valence-electron chi connectivity index (χ4n) is 1.60. The highest BCUT2D eigenvalue weighted by Crippen LogP contribution is 2.23. The van der Waals surface area contributed by atoms with Gasteiger partial charge in [0.25, 0.3) is 0 Å². The standard InChI is InChI=1S/C11H11F3N2O/c12-11(13,14)17-9-5-6-10(15-7-9)16-8-3-1-2-4-8/h1-2,5-8H,3-4H2,(H,15,16). The number of alkyl halides is 3. The molecule has 1 aliphatic carbocycles. The summed E-state index contributed by atoms with van der Waals surface area (Å²) in [5, 5.41) is 3.12. The van der Waals surface area contributed by atoms with Gasteiger partial charge in [0.15, 0.2) is 0 Å². The fourth-order valence-corrected chi connectivity index (χ4v) is 1.60. The highest BCUT2D eigenvalue weighted by molar-refractivity contribution is 5.39. The Kier molecular flexibility index (Phi) is 3.21. The van der Waals surface area contributed by atoms with E-state index in [0.29, 0.717) is 5.82 Å². The van der Waals surface area contributed by atoms with Gasteiger partial charge in [0.1, 0.15) is 11.6 Å². The summed E-state index contributed by atoms with van der Waals surface area (Å²) < 4.78 is 39.4. The van der Waals surface area contributed by atoms with Gasteiger partial charge in [-0.3, -0.25) is 0 Å². The maximum Gasteiger partial charge on any atom is 0.573 e. The second kappa shape index (κ2) is 4.65. The highest BCUT2D eigenvalue weighted by atomic mass is 19.4. The first-order valence-electron chi connectivity index (χ1n) is 5.16. The largest absolute Gasteiger partial charge is 0.573 e. The van der Waals surface area contributed by atoms with E-state index in [1.165, 1.54) is 12.1 Å². The average Bonchev–Trinajstić information content (AvgIpc) is 2.71. The Morgan fingerprint density at radius 3 is 2.47 bits per heavy atom. The van der Waals surface area contributed by atoms with Crippen molar-refractivity contribution in [2.75, 3.05) is 5.32 Å². The smallest absolute Gasteiger partial charge is 0.404 e. The summed E-state index contributed by atoms with van der Waals surface area (Å²) in [6.45, 7) is 0. The molecular formula is C11H11F3N2O. The third-order valence-electron chi connectivity index (χ3n) is 2.33. The number of anilines is 1. The molecule has 0 spiro atoms. The second-order valence-corrected chi connectivity index (χ2v) is 3.71. The van der Waals surface area contributed by atoms with Gasteiger partial charge in [0.05, 0.1) is 6.20 Å². The zero-order valence-electron chi connectivity index (χ0n) is 8.87. The molecule has 0 aliphatic heterocycles. The van der Waals surface area contributed by atoms with E-state index >= 15 is 0 Å². The van der Waals surface area contributed by atoms with Crippen LogP contribution in [0.15, 0.2) is 30.5 Å². The summed E-state index contributed by atoms with van der Waals surface area (Å²) in [5.41, 5.74) is 0. The van der Waals surface area contributed by atoms with Crippen LogP contribution in [0.2, 0.25) is 0 Å². The molecule has 0 unspecified atom stereocenters. The monoisotopic (exact) mass is 244 g/mol. The van der Waals surface area contributed by atoms with Crippen molar-refractivity contribution in [3.63, 3.8) is 0 Å². The summed E-state index contributed by atoms with van der Waals surface area (Å²) in [4.78, 5) is 3.86. The molecule has 0 fully saturated rings. The minimum atomic E-state index is -4.67. The van der Waals surface area contributed by atoms with E-state index in [1.807, 2.05) is 0 Å². The van der Waals surface area contributed by atoms with Crippen molar-refractivity contribution >= 4 is 5.82 Å². The van der Waals surface area contributed by atoms with E-state index in [-0.39, 0.29) is 11.8 Å². The van der Waals surface area contributed by atoms with Gasteiger partial charge < -0.3 is 10.1 Å². The molecule has 1 heterocycles. The molecular weight excluding hydrogens is 233 g/mol. The third kappa shape index (κ3) is 3.65. The van der Waals surface area contributed by atoms with E-state index in [9.17, 15) is 13.2 Å². The van der Waals surface area contributed by atoms with Crippen LogP contribution in [0.4, 0.5) is 19.0 Å². The number of pyridine rings is 1. The quantitative estimate of drug-likeness (QED) is 0.829. The van der Waals surface area contributed by atoms with Crippen LogP contribution in [0.1, 0.15) is 12.8 Å². The van der Waals surface area contributed by atoms with Crippen LogP contribution >= 0.6 is 0 Å². The molecule has 92 valence electrons. The van der Waals surface area contributed by atoms with Crippen molar-refractivity contribution in [3.05, 3.63) is 30.5 Å². The van der Waals surface area contributed by atoms with Crippen molar-refractivity contribution in [2.24, 2.45) is 0 Å². The zero-order chi connectivity index (χ0) is 12.3. The number of ether oxygens (including phenoxy) is 1. The number of hydrogen-bond donors (Lipinski definition) is 1. The minimum Gasteiger partial charge on any atom is -0.404 e. The molecule has 0 saturated carbocycles. The number of aromatic nitrogens is 1. The fraction of sp³-hybridized carbons (Fsp3) is 0.364. The Labute approximate surface area is 96.3 Å². The van der Waals surface area contributed by atoms with Crippen molar-refractivity contribution in [1.29, 1.82) is 0 Å². The number of hydrogen-bond acceptors (Lipinski definition) is 3. The maximum absolute atomic E-state index is 11.9. The molecule has 2 rings (SSSR count). The maximum atomic E-state index is 11.9. The summed E-state index contributed by atoms with van der Waals surface area (Å²) in [7, 11) is 0. The van der Waals surface area contributed by atoms with E-state index in [2.05, 4.69) is 27.2 Å². The van der Waals surface area contributed by atoms with Crippen LogP contribution < -0.4 is 10.1 Å². The normalized spacial score (nSPS) is 16.2. The second-order valence-electron chi connectivity index (χ2n) is 3.71. The highest BCUT2D eigenvalue weighted by Gasteiger charge is 2.31. The number of rotatable bonds is 3. The van der Waals surface area contributed by atoms with Crippen molar-refractivity contribution in [2.45, 2.75) is 25.2 Å². The lowest BCUT2D eigenvalue weighted by Crippen LogP contribution is -2.18. The lowest BCUT2D eigenvalue weighted by atomic mass is 10.2. The van der Waals surface area contributed by atoms with Gasteiger partial charge in [-0.05, 0) is 25.0 Å². The molecule has 0 aromatic carbocycles. The Morgan fingerprint density at radius 1 is 1.24 bits per heavy atom. The summed E-state index contributed by atoms with van der Waals surface area (Å²) in [6, 6.07) is 2.99. The Bertz CT molecular complexity index is 392. The van der Waals surface area contributed by atoms with E-state index < -0.39 is 6.36 Å². The lowest BCUT2D eigenvalue weighted by Gasteiger charge is -2.13. The Balaban J connectivity index is 1.93. The summed E-state index contributed by atoms with van der Waals surface area (Å²) in [6.07, 6.45) is 2.30. The van der Waals surface area contributed by atoms with Crippen LogP contribution in [0, 0.1) is 0 Å². The SMILES string of the molecule is FC(F)(F)Oc1ccc(NC2CC=CC2)nc1. The first kappa shape index (κ1) is 11.8. The van der Waals surface area contributed by atoms with Crippen LogP contribution in [-0.2, 0) is 0 Å². The van der Waals surface area contributed by atoms with Crippen LogP contribution in [-0.4, -0.2) is 17.4 Å². The Hall–Kier alpha value is -1.72. The molecule has 6 heteroatoms. The minimum absolute atomic E-state index is 0.275. The van der Waals surface area contributed by atoms with Gasteiger partial charge in [-0.2, -0.15) is 0 Å². The molecule has 0 bridgehead atoms. The lowest BCUT2D eigenvalue weighted by molar-refractivity contribution is -0.274. The molecule has 1 aromatic heterocycles. The third-order valence-corrected chi connectivity index (χ3v) is 2.33. The summed E-state index contributed by atoms with van der Waals surface area (Å²) >= 11 is 0. The van der Waals surface area contributed by atoms with Crippen molar-refractivity contribution < 1.29 is 17.9 Å². The van der Waals surface area contributed by atoms with Gasteiger partial charge in [0.2, 0.25) is 0 Å². The van der Waals surface area contributed by atoms with Crippen LogP contribution in [0.3, 0.4) is 0 Å². The number of nitrogens with zero attached hydrogens (tertiary/aromatic N) is 1. The number of halogens is 3. The predicted molar refractivity (Wildman–Crippen MR) is 56.7 cm³/mol. The van der Waals surface area contributed by atoms with E-state index in [1.54, 1.807) is 0 Å². The molecule has 17 heavy (non-hydrogen) atoms. The number of nitrogens with one attached hydrogen (secondary N) is 1. The topological polar surface area (TPSA) is 34.1 Å². The molecule has 1 aromatic rings. The molecule has 0 radical (unpaired) electrons. The van der Waals surface area contributed by atoms with Gasteiger partial charge in [0, 0.05) is 6.04 Å². The molecule has 1 aliphatic rings. The molecule has 0 saturated heterocycles. The van der Waals surface area contributed by atoms with Crippen molar-refractivity contribution in [1.82, 2.24) is 4.98 Å². The van der Waals surface area contributed by atoms with Crippen LogP contribution in [0.25, 0.3) is 0 Å². The average molecular weight is 244 g/mol. The first-order valence-corrected chi connectivity index (χ1v) is 5.16. The predicted octanol–water partition coefficient (Wildman–Crippen LogP) is 3.11. The van der Waals surface area contributed by atoms with Gasteiger partial charge in [-0.15, -0.1) is 13.2 Å². The van der Waals surface area contributed by atoms with E-state index in [4.69, 9.17) is 0 Å². The van der Waals surface area contributed by atoms with Gasteiger partial charge in [-0.25, -0.2) is 4.98 Å². The molecule has 3 nitrogen and oxygen atoms in total. The van der Waals surface area contributed by atoms with Crippen LogP contribution in [0.5, 0.6) is 5.75 Å². The first-order chi connectivity index (χ1) is 8.03. The van der Waals surface area contributed by atoms with Gasteiger partial charge >= 0.3 is 6.36 Å².